The fourth-order valence-electron chi connectivity index (χ4n) is 3.66. The topological polar surface area (TPSA) is 72.3 Å². The zero-order valence-corrected chi connectivity index (χ0v) is 12.7. The zero-order valence-electron chi connectivity index (χ0n) is 12.7. The lowest BCUT2D eigenvalue weighted by Crippen LogP contribution is -2.58. The smallest absolute Gasteiger partial charge is 0.326 e. The fraction of sp³-hybridized carbons (Fsp3) is 0.786. The van der Waals surface area contributed by atoms with E-state index in [1.807, 2.05) is 7.05 Å². The molecule has 0 amide bonds. The van der Waals surface area contributed by atoms with Crippen LogP contribution in [0, 0.1) is 0 Å². The first-order valence-electron chi connectivity index (χ1n) is 7.56. The van der Waals surface area contributed by atoms with E-state index in [9.17, 15) is 4.79 Å². The van der Waals surface area contributed by atoms with Gasteiger partial charge in [-0.15, -0.1) is 10.2 Å². The molecule has 0 aromatic carbocycles. The lowest BCUT2D eigenvalue weighted by molar-refractivity contribution is -0.151. The Morgan fingerprint density at radius 2 is 2.38 bits per heavy atom. The maximum Gasteiger partial charge on any atom is 0.326 e. The van der Waals surface area contributed by atoms with Gasteiger partial charge in [-0.05, 0) is 32.7 Å². The van der Waals surface area contributed by atoms with Gasteiger partial charge >= 0.3 is 5.97 Å². The Bertz CT molecular complexity index is 517. The van der Waals surface area contributed by atoms with Gasteiger partial charge < -0.3 is 14.6 Å². The quantitative estimate of drug-likeness (QED) is 0.801. The van der Waals surface area contributed by atoms with Crippen LogP contribution in [-0.4, -0.2) is 57.9 Å². The number of fused-ring (bicyclic) bond motifs is 1. The number of carbonyl (C=O) groups is 1. The number of aromatic nitrogens is 3. The SMILES string of the molecule is CNC1(C(=O)OC)CCCC(N2CCn3cnnc3C2)C1. The van der Waals surface area contributed by atoms with Gasteiger partial charge in [-0.3, -0.25) is 9.69 Å². The van der Waals surface area contributed by atoms with E-state index < -0.39 is 5.54 Å². The summed E-state index contributed by atoms with van der Waals surface area (Å²) in [6.07, 6.45) is 5.58. The Morgan fingerprint density at radius 1 is 1.52 bits per heavy atom. The fourth-order valence-corrected chi connectivity index (χ4v) is 3.66. The molecule has 0 spiro atoms. The first-order chi connectivity index (χ1) is 10.2. The second-order valence-electron chi connectivity index (χ2n) is 5.98. The van der Waals surface area contributed by atoms with E-state index in [-0.39, 0.29) is 5.97 Å². The standard InChI is InChI=1S/C14H23N5O2/c1-15-14(13(20)21-2)5-3-4-11(8-14)18-6-7-19-10-16-17-12(19)9-18/h10-11,15H,3-9H2,1-2H3. The van der Waals surface area contributed by atoms with Gasteiger partial charge in [0, 0.05) is 19.1 Å². The van der Waals surface area contributed by atoms with Gasteiger partial charge in [-0.2, -0.15) is 0 Å². The summed E-state index contributed by atoms with van der Waals surface area (Å²) >= 11 is 0. The molecule has 7 nitrogen and oxygen atoms in total. The van der Waals surface area contributed by atoms with Crippen LogP contribution in [-0.2, 0) is 22.6 Å². The molecule has 0 saturated heterocycles. The summed E-state index contributed by atoms with van der Waals surface area (Å²) in [4.78, 5) is 14.6. The van der Waals surface area contributed by atoms with Gasteiger partial charge in [0.25, 0.3) is 0 Å². The molecular formula is C14H23N5O2. The Morgan fingerprint density at radius 3 is 3.14 bits per heavy atom. The van der Waals surface area contributed by atoms with E-state index in [1.54, 1.807) is 6.33 Å². The summed E-state index contributed by atoms with van der Waals surface area (Å²) in [6.45, 7) is 2.71. The van der Waals surface area contributed by atoms with Crippen LogP contribution in [0.3, 0.4) is 0 Å². The first-order valence-corrected chi connectivity index (χ1v) is 7.56. The molecule has 1 fully saturated rings. The second-order valence-corrected chi connectivity index (χ2v) is 5.98. The Balaban J connectivity index is 1.73. The molecule has 3 rings (SSSR count). The van der Waals surface area contributed by atoms with Crippen LogP contribution in [0.25, 0.3) is 0 Å². The Labute approximate surface area is 124 Å². The number of rotatable bonds is 3. The Hall–Kier alpha value is -1.47. The second kappa shape index (κ2) is 5.73. The minimum absolute atomic E-state index is 0.144. The molecule has 116 valence electrons. The van der Waals surface area contributed by atoms with Crippen molar-refractivity contribution in [1.29, 1.82) is 0 Å². The van der Waals surface area contributed by atoms with Crippen molar-refractivity contribution < 1.29 is 9.53 Å². The van der Waals surface area contributed by atoms with Crippen LogP contribution < -0.4 is 5.32 Å². The number of nitrogens with zero attached hydrogens (tertiary/aromatic N) is 4. The zero-order chi connectivity index (χ0) is 14.9. The van der Waals surface area contributed by atoms with Crippen molar-refractivity contribution in [3.05, 3.63) is 12.2 Å². The molecule has 2 aliphatic rings. The number of methoxy groups -OCH3 is 1. The largest absolute Gasteiger partial charge is 0.468 e. The van der Waals surface area contributed by atoms with Crippen LogP contribution in [0.5, 0.6) is 0 Å². The minimum atomic E-state index is -0.539. The van der Waals surface area contributed by atoms with Gasteiger partial charge in [0.05, 0.1) is 13.7 Å². The lowest BCUT2D eigenvalue weighted by Gasteiger charge is -2.43. The van der Waals surface area contributed by atoms with Crippen molar-refractivity contribution in [2.24, 2.45) is 0 Å². The van der Waals surface area contributed by atoms with E-state index in [2.05, 4.69) is 25.0 Å². The van der Waals surface area contributed by atoms with E-state index in [0.717, 1.165) is 51.1 Å². The number of esters is 1. The first kappa shape index (κ1) is 14.5. The molecule has 2 unspecified atom stereocenters. The molecular weight excluding hydrogens is 270 g/mol. The summed E-state index contributed by atoms with van der Waals surface area (Å²) in [5, 5.41) is 11.4. The van der Waals surface area contributed by atoms with Crippen molar-refractivity contribution in [3.63, 3.8) is 0 Å². The van der Waals surface area contributed by atoms with Gasteiger partial charge in [-0.1, -0.05) is 0 Å². The third kappa shape index (κ3) is 2.55. The summed E-state index contributed by atoms with van der Waals surface area (Å²) in [7, 11) is 3.32. The monoisotopic (exact) mass is 293 g/mol. The van der Waals surface area contributed by atoms with Crippen molar-refractivity contribution in [2.45, 2.75) is 50.4 Å². The average molecular weight is 293 g/mol. The third-order valence-electron chi connectivity index (χ3n) is 4.96. The van der Waals surface area contributed by atoms with E-state index in [0.29, 0.717) is 6.04 Å². The molecule has 1 aliphatic carbocycles. The highest BCUT2D eigenvalue weighted by Gasteiger charge is 2.44. The molecule has 7 heteroatoms. The number of hydrogen-bond acceptors (Lipinski definition) is 6. The molecule has 21 heavy (non-hydrogen) atoms. The lowest BCUT2D eigenvalue weighted by atomic mass is 9.78. The molecule has 1 aromatic heterocycles. The highest BCUT2D eigenvalue weighted by atomic mass is 16.5. The summed E-state index contributed by atoms with van der Waals surface area (Å²) in [5.41, 5.74) is -0.539. The minimum Gasteiger partial charge on any atom is -0.468 e. The van der Waals surface area contributed by atoms with E-state index in [4.69, 9.17) is 4.74 Å². The van der Waals surface area contributed by atoms with E-state index >= 15 is 0 Å². The van der Waals surface area contributed by atoms with Gasteiger partial charge in [0.15, 0.2) is 0 Å². The highest BCUT2D eigenvalue weighted by Crippen LogP contribution is 2.33. The summed E-state index contributed by atoms with van der Waals surface area (Å²) < 4.78 is 7.12. The predicted octanol–water partition coefficient (Wildman–Crippen LogP) is 0.167. The van der Waals surface area contributed by atoms with E-state index in [1.165, 1.54) is 7.11 Å². The van der Waals surface area contributed by atoms with Crippen molar-refractivity contribution in [2.75, 3.05) is 20.7 Å². The molecule has 2 atom stereocenters. The number of nitrogens with one attached hydrogen (secondary N) is 1. The van der Waals surface area contributed by atoms with Crippen LogP contribution in [0.2, 0.25) is 0 Å². The molecule has 0 radical (unpaired) electrons. The summed E-state index contributed by atoms with van der Waals surface area (Å²) in [6, 6.07) is 0.385. The molecule has 1 aliphatic heterocycles. The van der Waals surface area contributed by atoms with Crippen LogP contribution in [0.15, 0.2) is 6.33 Å². The molecule has 0 bridgehead atoms. The number of likely N-dealkylation sites (N-methyl/N-ethyl adjacent to an activating group) is 1. The highest BCUT2D eigenvalue weighted by molar-refractivity contribution is 5.81. The molecule has 2 heterocycles. The maximum absolute atomic E-state index is 12.2. The number of carbonyl (C=O) groups excluding carboxylic acids is 1. The average Bonchev–Trinajstić information content (AvgIpc) is 3.01. The number of hydrogen-bond donors (Lipinski definition) is 1. The molecule has 1 aromatic rings. The van der Waals surface area contributed by atoms with Crippen molar-refractivity contribution in [3.8, 4) is 0 Å². The van der Waals surface area contributed by atoms with Crippen LogP contribution >= 0.6 is 0 Å². The summed E-state index contributed by atoms with van der Waals surface area (Å²) in [5.74, 6) is 0.870. The van der Waals surface area contributed by atoms with Crippen molar-refractivity contribution >= 4 is 5.97 Å². The van der Waals surface area contributed by atoms with Crippen LogP contribution in [0.1, 0.15) is 31.5 Å². The normalized spacial score (nSPS) is 29.9. The third-order valence-corrected chi connectivity index (χ3v) is 4.96. The number of ether oxygens (including phenoxy) is 1. The van der Waals surface area contributed by atoms with Crippen molar-refractivity contribution in [1.82, 2.24) is 25.0 Å². The molecule has 1 N–H and O–H groups in total. The Kier molecular flexibility index (Phi) is 3.95. The van der Waals surface area contributed by atoms with Gasteiger partial charge in [-0.25, -0.2) is 0 Å². The van der Waals surface area contributed by atoms with Crippen LogP contribution in [0.4, 0.5) is 0 Å². The maximum atomic E-state index is 12.2. The predicted molar refractivity (Wildman–Crippen MR) is 76.5 cm³/mol. The van der Waals surface area contributed by atoms with Gasteiger partial charge in [0.2, 0.25) is 0 Å². The van der Waals surface area contributed by atoms with Gasteiger partial charge in [0.1, 0.15) is 17.7 Å². The molecule has 1 saturated carbocycles.